The van der Waals surface area contributed by atoms with E-state index in [1.54, 1.807) is 4.90 Å². The zero-order valence-electron chi connectivity index (χ0n) is 14.4. The van der Waals surface area contributed by atoms with Crippen molar-refractivity contribution in [2.24, 2.45) is 0 Å². The average Bonchev–Trinajstić information content (AvgIpc) is 3.31. The Hall–Kier alpha value is -2.60. The van der Waals surface area contributed by atoms with Crippen LogP contribution in [0.2, 0.25) is 0 Å². The summed E-state index contributed by atoms with van der Waals surface area (Å²) >= 11 is 0. The first-order chi connectivity index (χ1) is 12.7. The molecule has 2 aliphatic heterocycles. The van der Waals surface area contributed by atoms with Crippen LogP contribution in [0.1, 0.15) is 37.3 Å². The van der Waals surface area contributed by atoms with Crippen LogP contribution in [0.3, 0.4) is 0 Å². The first kappa shape index (κ1) is 20.7. The number of hydrogen-bond acceptors (Lipinski definition) is 4. The molecule has 3 atom stereocenters. The molecule has 0 aromatic heterocycles. The fourth-order valence-electron chi connectivity index (χ4n) is 3.25. The summed E-state index contributed by atoms with van der Waals surface area (Å²) in [5.74, 6) is -2.65. The summed E-state index contributed by atoms with van der Waals surface area (Å²) in [4.78, 5) is 23.2. The molecule has 1 amide bonds. The number of halogens is 3. The summed E-state index contributed by atoms with van der Waals surface area (Å²) in [6.07, 6.45) is -1.49. The van der Waals surface area contributed by atoms with Crippen LogP contribution in [-0.4, -0.2) is 46.7 Å². The number of carbonyl (C=O) groups excluding carboxylic acids is 1. The van der Waals surface area contributed by atoms with Crippen molar-refractivity contribution in [2.75, 3.05) is 6.54 Å². The van der Waals surface area contributed by atoms with Crippen LogP contribution < -0.4 is 5.32 Å². The first-order valence-electron chi connectivity index (χ1n) is 8.55. The smallest absolute Gasteiger partial charge is 0.475 e. The summed E-state index contributed by atoms with van der Waals surface area (Å²) < 4.78 is 31.7. The van der Waals surface area contributed by atoms with E-state index >= 15 is 0 Å². The predicted molar refractivity (Wildman–Crippen MR) is 89.4 cm³/mol. The number of nitrogens with zero attached hydrogens (tertiary/aromatic N) is 2. The van der Waals surface area contributed by atoms with E-state index in [9.17, 15) is 18.0 Å². The van der Waals surface area contributed by atoms with E-state index in [1.807, 2.05) is 18.2 Å². The highest BCUT2D eigenvalue weighted by molar-refractivity contribution is 5.83. The summed E-state index contributed by atoms with van der Waals surface area (Å²) in [5.41, 5.74) is 1.24. The van der Waals surface area contributed by atoms with Crippen LogP contribution in [0, 0.1) is 11.3 Å². The highest BCUT2D eigenvalue weighted by atomic mass is 19.4. The Morgan fingerprint density at radius 3 is 2.37 bits per heavy atom. The van der Waals surface area contributed by atoms with Crippen molar-refractivity contribution >= 4 is 11.9 Å². The number of amides is 1. The number of nitrogens with one attached hydrogen (secondary N) is 1. The van der Waals surface area contributed by atoms with E-state index in [4.69, 9.17) is 15.2 Å². The van der Waals surface area contributed by atoms with Crippen molar-refractivity contribution in [1.82, 2.24) is 10.2 Å². The first-order valence-corrected chi connectivity index (χ1v) is 8.55. The molecule has 1 aromatic carbocycles. The molecule has 3 rings (SSSR count). The maximum Gasteiger partial charge on any atom is 0.490 e. The van der Waals surface area contributed by atoms with Crippen molar-refractivity contribution in [2.45, 2.75) is 50.0 Å². The Labute approximate surface area is 154 Å². The fourth-order valence-corrected chi connectivity index (χ4v) is 3.25. The second-order valence-electron chi connectivity index (χ2n) is 6.38. The van der Waals surface area contributed by atoms with Gasteiger partial charge in [-0.15, -0.1) is 0 Å². The minimum absolute atomic E-state index is 0.104. The van der Waals surface area contributed by atoms with Gasteiger partial charge in [0.05, 0.1) is 12.1 Å². The molecule has 6 nitrogen and oxygen atoms in total. The molecule has 1 aromatic rings. The maximum absolute atomic E-state index is 12.5. The molecule has 2 N–H and O–H groups in total. The van der Waals surface area contributed by atoms with Crippen LogP contribution in [0.25, 0.3) is 0 Å². The summed E-state index contributed by atoms with van der Waals surface area (Å²) in [6.45, 7) is 0.727. The Balaban J connectivity index is 0.000000321. The summed E-state index contributed by atoms with van der Waals surface area (Å²) in [6, 6.07) is 12.4. The SMILES string of the molecule is N#C[C@@H]1CCCN1C(=O)[C@@H]1CC[C@H](c2ccccc2)N1.O=C(O)C(F)(F)F. The number of benzene rings is 1. The Morgan fingerprint density at radius 2 is 1.81 bits per heavy atom. The average molecular weight is 383 g/mol. The summed E-state index contributed by atoms with van der Waals surface area (Å²) in [7, 11) is 0. The molecule has 9 heteroatoms. The second-order valence-corrected chi connectivity index (χ2v) is 6.38. The Morgan fingerprint density at radius 1 is 1.19 bits per heavy atom. The predicted octanol–water partition coefficient (Wildman–Crippen LogP) is 2.63. The van der Waals surface area contributed by atoms with Gasteiger partial charge in [-0.25, -0.2) is 4.79 Å². The number of carbonyl (C=O) groups is 2. The topological polar surface area (TPSA) is 93.4 Å². The lowest BCUT2D eigenvalue weighted by molar-refractivity contribution is -0.192. The quantitative estimate of drug-likeness (QED) is 0.819. The van der Waals surface area contributed by atoms with Crippen LogP contribution in [0.15, 0.2) is 30.3 Å². The van der Waals surface area contributed by atoms with Crippen LogP contribution >= 0.6 is 0 Å². The number of alkyl halides is 3. The highest BCUT2D eigenvalue weighted by Crippen LogP contribution is 2.28. The van der Waals surface area contributed by atoms with Gasteiger partial charge in [-0.1, -0.05) is 30.3 Å². The number of carboxylic acid groups (broad SMARTS) is 1. The molecule has 0 aliphatic carbocycles. The zero-order valence-corrected chi connectivity index (χ0v) is 14.4. The number of carboxylic acids is 1. The fraction of sp³-hybridized carbons (Fsp3) is 0.500. The minimum Gasteiger partial charge on any atom is -0.475 e. The van der Waals surface area contributed by atoms with Gasteiger partial charge in [0.15, 0.2) is 0 Å². The molecular formula is C18H20F3N3O3. The van der Waals surface area contributed by atoms with Crippen molar-refractivity contribution < 1.29 is 27.9 Å². The van der Waals surface area contributed by atoms with Gasteiger partial charge in [0.1, 0.15) is 6.04 Å². The van der Waals surface area contributed by atoms with Crippen molar-refractivity contribution in [1.29, 1.82) is 5.26 Å². The Kier molecular flexibility index (Phi) is 6.80. The van der Waals surface area contributed by atoms with Gasteiger partial charge in [-0.2, -0.15) is 18.4 Å². The van der Waals surface area contributed by atoms with Crippen molar-refractivity contribution in [3.8, 4) is 6.07 Å². The van der Waals surface area contributed by atoms with E-state index in [-0.39, 0.29) is 24.0 Å². The number of nitriles is 1. The van der Waals surface area contributed by atoms with E-state index in [1.165, 1.54) is 5.56 Å². The van der Waals surface area contributed by atoms with Gasteiger partial charge < -0.3 is 10.0 Å². The molecular weight excluding hydrogens is 363 g/mol. The van der Waals surface area contributed by atoms with Gasteiger partial charge in [0.2, 0.25) is 5.91 Å². The van der Waals surface area contributed by atoms with Gasteiger partial charge in [0, 0.05) is 12.6 Å². The molecule has 2 heterocycles. The minimum atomic E-state index is -5.08. The monoisotopic (exact) mass is 383 g/mol. The van der Waals surface area contributed by atoms with Crippen LogP contribution in [0.5, 0.6) is 0 Å². The maximum atomic E-state index is 12.5. The van der Waals surface area contributed by atoms with Gasteiger partial charge in [-0.05, 0) is 31.2 Å². The number of hydrogen-bond donors (Lipinski definition) is 2. The molecule has 0 unspecified atom stereocenters. The van der Waals surface area contributed by atoms with Gasteiger partial charge >= 0.3 is 12.1 Å². The third kappa shape index (κ3) is 5.44. The second kappa shape index (κ2) is 8.86. The largest absolute Gasteiger partial charge is 0.490 e. The standard InChI is InChI=1S/C16H19N3O.C2HF3O2/c17-11-13-7-4-10-19(13)16(20)15-9-8-14(18-15)12-5-2-1-3-6-12;3-2(4,5)1(6)7/h1-3,5-6,13-15,18H,4,7-10H2;(H,6,7)/t13-,14+,15-;/m0./s1. The van der Waals surface area contributed by atoms with E-state index < -0.39 is 12.1 Å². The third-order valence-electron chi connectivity index (χ3n) is 4.57. The van der Waals surface area contributed by atoms with E-state index in [0.29, 0.717) is 0 Å². The van der Waals surface area contributed by atoms with Crippen LogP contribution in [0.4, 0.5) is 13.2 Å². The van der Waals surface area contributed by atoms with Crippen molar-refractivity contribution in [3.63, 3.8) is 0 Å². The Bertz CT molecular complexity index is 703. The normalized spacial score (nSPS) is 24.7. The summed E-state index contributed by atoms with van der Waals surface area (Å²) in [5, 5.41) is 19.6. The number of aliphatic carboxylic acids is 1. The molecule has 27 heavy (non-hydrogen) atoms. The molecule has 0 spiro atoms. The molecule has 2 saturated heterocycles. The molecule has 0 radical (unpaired) electrons. The van der Waals surface area contributed by atoms with E-state index in [0.717, 1.165) is 32.2 Å². The lowest BCUT2D eigenvalue weighted by atomic mass is 10.1. The lowest BCUT2D eigenvalue weighted by Gasteiger charge is -2.24. The molecule has 146 valence electrons. The van der Waals surface area contributed by atoms with Gasteiger partial charge in [-0.3, -0.25) is 10.1 Å². The number of likely N-dealkylation sites (tertiary alicyclic amines) is 1. The zero-order chi connectivity index (χ0) is 20.0. The van der Waals surface area contributed by atoms with Crippen molar-refractivity contribution in [3.05, 3.63) is 35.9 Å². The highest BCUT2D eigenvalue weighted by Gasteiger charge is 2.38. The third-order valence-corrected chi connectivity index (χ3v) is 4.57. The molecule has 0 saturated carbocycles. The molecule has 0 bridgehead atoms. The molecule has 2 fully saturated rings. The molecule has 2 aliphatic rings. The van der Waals surface area contributed by atoms with Gasteiger partial charge in [0.25, 0.3) is 0 Å². The number of rotatable bonds is 2. The lowest BCUT2D eigenvalue weighted by Crippen LogP contribution is -2.45. The van der Waals surface area contributed by atoms with Crippen LogP contribution in [-0.2, 0) is 9.59 Å². The van der Waals surface area contributed by atoms with E-state index in [2.05, 4.69) is 23.5 Å².